The predicted octanol–water partition coefficient (Wildman–Crippen LogP) is 1.02. The van der Waals surface area contributed by atoms with Gasteiger partial charge in [0.1, 0.15) is 17.5 Å². The number of likely N-dealkylation sites (N-methyl/N-ethyl adjacent to an activating group) is 1. The van der Waals surface area contributed by atoms with Crippen LogP contribution in [0.5, 0.6) is 0 Å². The molecule has 0 radical (unpaired) electrons. The summed E-state index contributed by atoms with van der Waals surface area (Å²) in [4.78, 5) is 10.8. The summed E-state index contributed by atoms with van der Waals surface area (Å²) in [5.74, 6) is 2.48. The van der Waals surface area contributed by atoms with Gasteiger partial charge in [0, 0.05) is 46.0 Å². The van der Waals surface area contributed by atoms with Crippen LogP contribution in [0.2, 0.25) is 0 Å². The molecule has 0 aliphatic carbocycles. The summed E-state index contributed by atoms with van der Waals surface area (Å²) in [5.41, 5.74) is 5.81. The number of nitrogens with one attached hydrogen (secondary N) is 1. The van der Waals surface area contributed by atoms with Gasteiger partial charge < -0.3 is 20.7 Å². The molecule has 108 valence electrons. The average Bonchev–Trinajstić information content (AvgIpc) is 2.33. The van der Waals surface area contributed by atoms with Crippen molar-refractivity contribution < 1.29 is 4.74 Å². The van der Waals surface area contributed by atoms with Gasteiger partial charge in [-0.2, -0.15) is 0 Å². The van der Waals surface area contributed by atoms with Crippen molar-refractivity contribution in [1.29, 1.82) is 0 Å². The Hall–Kier alpha value is -1.40. The summed E-state index contributed by atoms with van der Waals surface area (Å²) in [6, 6.07) is 2.06. The van der Waals surface area contributed by atoms with Gasteiger partial charge in [-0.05, 0) is 20.3 Å². The molecular formula is C13H25N5O. The van der Waals surface area contributed by atoms with Crippen LogP contribution in [0, 0.1) is 6.92 Å². The van der Waals surface area contributed by atoms with Crippen molar-refractivity contribution in [3.63, 3.8) is 0 Å². The van der Waals surface area contributed by atoms with Crippen LogP contribution in [0.4, 0.5) is 11.6 Å². The molecule has 1 atom stereocenters. The van der Waals surface area contributed by atoms with Crippen molar-refractivity contribution in [1.82, 2.24) is 9.97 Å². The SMILES string of the molecule is COCCCNc1cc(N(C)CC(C)N)nc(C)n1. The molecule has 1 rings (SSSR count). The third kappa shape index (κ3) is 5.85. The molecule has 0 saturated carbocycles. The molecule has 1 unspecified atom stereocenters. The molecule has 0 aliphatic rings. The summed E-state index contributed by atoms with van der Waals surface area (Å²) < 4.78 is 5.01. The summed E-state index contributed by atoms with van der Waals surface area (Å²) in [6.07, 6.45) is 0.949. The zero-order chi connectivity index (χ0) is 14.3. The minimum absolute atomic E-state index is 0.110. The molecule has 1 aromatic rings. The maximum atomic E-state index is 5.81. The lowest BCUT2D eigenvalue weighted by Crippen LogP contribution is -2.33. The topological polar surface area (TPSA) is 76.3 Å². The molecule has 19 heavy (non-hydrogen) atoms. The van der Waals surface area contributed by atoms with Gasteiger partial charge in [0.2, 0.25) is 0 Å². The average molecular weight is 267 g/mol. The highest BCUT2D eigenvalue weighted by Crippen LogP contribution is 2.14. The van der Waals surface area contributed by atoms with Crippen molar-refractivity contribution >= 4 is 11.6 Å². The van der Waals surface area contributed by atoms with Crippen LogP contribution < -0.4 is 16.0 Å². The Bertz CT molecular complexity index is 383. The number of nitrogens with zero attached hydrogens (tertiary/aromatic N) is 3. The van der Waals surface area contributed by atoms with Crippen LogP contribution in [0.25, 0.3) is 0 Å². The first-order valence-corrected chi connectivity index (χ1v) is 6.58. The lowest BCUT2D eigenvalue weighted by molar-refractivity contribution is 0.198. The van der Waals surface area contributed by atoms with E-state index in [0.717, 1.165) is 43.6 Å². The zero-order valence-electron chi connectivity index (χ0n) is 12.3. The fourth-order valence-corrected chi connectivity index (χ4v) is 1.80. The van der Waals surface area contributed by atoms with Crippen LogP contribution >= 0.6 is 0 Å². The van der Waals surface area contributed by atoms with E-state index in [9.17, 15) is 0 Å². The van der Waals surface area contributed by atoms with E-state index in [1.165, 1.54) is 0 Å². The van der Waals surface area contributed by atoms with E-state index in [-0.39, 0.29) is 6.04 Å². The minimum atomic E-state index is 0.110. The summed E-state index contributed by atoms with van der Waals surface area (Å²) in [6.45, 7) is 6.22. The monoisotopic (exact) mass is 267 g/mol. The van der Waals surface area contributed by atoms with Gasteiger partial charge in [0.25, 0.3) is 0 Å². The number of ether oxygens (including phenoxy) is 1. The highest BCUT2D eigenvalue weighted by molar-refractivity contribution is 5.49. The van der Waals surface area contributed by atoms with Crippen molar-refractivity contribution in [3.05, 3.63) is 11.9 Å². The third-order valence-electron chi connectivity index (χ3n) is 2.61. The predicted molar refractivity (Wildman–Crippen MR) is 78.7 cm³/mol. The number of nitrogens with two attached hydrogens (primary N) is 1. The molecule has 0 amide bonds. The second-order valence-corrected chi connectivity index (χ2v) is 4.79. The normalized spacial score (nSPS) is 12.3. The molecule has 0 fully saturated rings. The van der Waals surface area contributed by atoms with Gasteiger partial charge in [-0.15, -0.1) is 0 Å². The molecule has 0 spiro atoms. The van der Waals surface area contributed by atoms with Gasteiger partial charge in [-0.1, -0.05) is 0 Å². The number of anilines is 2. The molecular weight excluding hydrogens is 242 g/mol. The van der Waals surface area contributed by atoms with Crippen molar-refractivity contribution in [3.8, 4) is 0 Å². The lowest BCUT2D eigenvalue weighted by atomic mass is 10.3. The molecule has 0 bridgehead atoms. The quantitative estimate of drug-likeness (QED) is 0.685. The Morgan fingerprint density at radius 3 is 2.84 bits per heavy atom. The minimum Gasteiger partial charge on any atom is -0.385 e. The van der Waals surface area contributed by atoms with Crippen molar-refractivity contribution in [2.45, 2.75) is 26.3 Å². The van der Waals surface area contributed by atoms with Crippen molar-refractivity contribution in [2.75, 3.05) is 44.1 Å². The van der Waals surface area contributed by atoms with Crippen molar-refractivity contribution in [2.24, 2.45) is 5.73 Å². The van der Waals surface area contributed by atoms with Crippen LogP contribution in [-0.2, 0) is 4.74 Å². The Morgan fingerprint density at radius 2 is 2.21 bits per heavy atom. The molecule has 1 heterocycles. The number of methoxy groups -OCH3 is 1. The van der Waals surface area contributed by atoms with E-state index in [1.807, 2.05) is 31.9 Å². The highest BCUT2D eigenvalue weighted by atomic mass is 16.5. The van der Waals surface area contributed by atoms with Crippen LogP contribution in [0.15, 0.2) is 6.07 Å². The van der Waals surface area contributed by atoms with Gasteiger partial charge in [0.05, 0.1) is 0 Å². The fourth-order valence-electron chi connectivity index (χ4n) is 1.80. The zero-order valence-corrected chi connectivity index (χ0v) is 12.3. The largest absolute Gasteiger partial charge is 0.385 e. The van der Waals surface area contributed by atoms with E-state index in [0.29, 0.717) is 0 Å². The van der Waals surface area contributed by atoms with E-state index in [4.69, 9.17) is 10.5 Å². The fraction of sp³-hybridized carbons (Fsp3) is 0.692. The number of rotatable bonds is 8. The Labute approximate surface area is 115 Å². The molecule has 6 nitrogen and oxygen atoms in total. The Balaban J connectivity index is 2.65. The third-order valence-corrected chi connectivity index (χ3v) is 2.61. The van der Waals surface area contributed by atoms with Crippen LogP contribution in [0.1, 0.15) is 19.2 Å². The number of aromatic nitrogens is 2. The van der Waals surface area contributed by atoms with Gasteiger partial charge >= 0.3 is 0 Å². The van der Waals surface area contributed by atoms with Crippen LogP contribution in [-0.4, -0.2) is 49.9 Å². The first-order chi connectivity index (χ1) is 9.02. The number of hydrogen-bond acceptors (Lipinski definition) is 6. The highest BCUT2D eigenvalue weighted by Gasteiger charge is 2.08. The van der Waals surface area contributed by atoms with E-state index >= 15 is 0 Å². The Morgan fingerprint density at radius 1 is 1.47 bits per heavy atom. The number of hydrogen-bond donors (Lipinski definition) is 2. The van der Waals surface area contributed by atoms with Gasteiger partial charge in [-0.3, -0.25) is 0 Å². The second-order valence-electron chi connectivity index (χ2n) is 4.79. The lowest BCUT2D eigenvalue weighted by Gasteiger charge is -2.21. The molecule has 3 N–H and O–H groups in total. The second kappa shape index (κ2) is 7.91. The Kier molecular flexibility index (Phi) is 6.52. The molecule has 0 aromatic carbocycles. The molecule has 1 aromatic heterocycles. The molecule has 6 heteroatoms. The van der Waals surface area contributed by atoms with E-state index in [2.05, 4.69) is 15.3 Å². The van der Waals surface area contributed by atoms with Gasteiger partial charge in [0.15, 0.2) is 0 Å². The van der Waals surface area contributed by atoms with E-state index < -0.39 is 0 Å². The maximum Gasteiger partial charge on any atom is 0.134 e. The smallest absolute Gasteiger partial charge is 0.134 e. The summed E-state index contributed by atoms with van der Waals surface area (Å²) in [5, 5.41) is 3.28. The summed E-state index contributed by atoms with van der Waals surface area (Å²) in [7, 11) is 3.69. The standard InChI is InChI=1S/C13H25N5O/c1-10(14)9-18(3)13-8-12(16-11(2)17-13)15-6-5-7-19-4/h8,10H,5-7,9,14H2,1-4H3,(H,15,16,17). The van der Waals surface area contributed by atoms with Gasteiger partial charge in [-0.25, -0.2) is 9.97 Å². The first-order valence-electron chi connectivity index (χ1n) is 6.58. The number of aryl methyl sites for hydroxylation is 1. The van der Waals surface area contributed by atoms with Crippen LogP contribution in [0.3, 0.4) is 0 Å². The summed E-state index contributed by atoms with van der Waals surface area (Å²) >= 11 is 0. The molecule has 0 aliphatic heterocycles. The molecule has 0 saturated heterocycles. The maximum absolute atomic E-state index is 5.81. The first kappa shape index (κ1) is 15.7. The van der Waals surface area contributed by atoms with E-state index in [1.54, 1.807) is 7.11 Å².